The molecule has 2 aliphatic carbocycles. The van der Waals surface area contributed by atoms with Crippen LogP contribution in [0.15, 0.2) is 48.7 Å². The molecular formula is C24H23N. The predicted molar refractivity (Wildman–Crippen MR) is 104 cm³/mol. The average molecular weight is 325 g/mol. The van der Waals surface area contributed by atoms with Crippen LogP contribution in [0.2, 0.25) is 0 Å². The van der Waals surface area contributed by atoms with Crippen LogP contribution in [-0.4, -0.2) is 4.98 Å². The van der Waals surface area contributed by atoms with Gasteiger partial charge in [0.15, 0.2) is 0 Å². The van der Waals surface area contributed by atoms with Crippen molar-refractivity contribution in [1.82, 2.24) is 4.98 Å². The molecule has 1 aromatic heterocycles. The second kappa shape index (κ2) is 4.40. The number of rotatable bonds is 0. The molecule has 0 unspecified atom stereocenters. The van der Waals surface area contributed by atoms with E-state index < -0.39 is 0 Å². The van der Waals surface area contributed by atoms with Crippen molar-refractivity contribution in [3.8, 4) is 22.4 Å². The van der Waals surface area contributed by atoms with Gasteiger partial charge in [-0.15, -0.1) is 0 Å². The summed E-state index contributed by atoms with van der Waals surface area (Å²) in [6.07, 6.45) is 1.92. The lowest BCUT2D eigenvalue weighted by atomic mass is 9.77. The summed E-state index contributed by atoms with van der Waals surface area (Å²) in [6.45, 7) is 11.6. The number of aromatic nitrogens is 1. The van der Waals surface area contributed by atoms with Crippen molar-refractivity contribution in [2.75, 3.05) is 0 Å². The minimum atomic E-state index is -0.0210. The second-order valence-electron chi connectivity index (χ2n) is 8.61. The van der Waals surface area contributed by atoms with Gasteiger partial charge in [0.05, 0.1) is 5.69 Å². The zero-order valence-corrected chi connectivity index (χ0v) is 15.6. The van der Waals surface area contributed by atoms with Crippen molar-refractivity contribution in [1.29, 1.82) is 0 Å². The lowest BCUT2D eigenvalue weighted by molar-refractivity contribution is 0.647. The summed E-state index contributed by atoms with van der Waals surface area (Å²) < 4.78 is 0. The number of pyridine rings is 1. The summed E-state index contributed by atoms with van der Waals surface area (Å²) in [5, 5.41) is 0. The first-order chi connectivity index (χ1) is 11.8. The Labute approximate surface area is 149 Å². The van der Waals surface area contributed by atoms with E-state index >= 15 is 0 Å². The fraction of sp³-hybridized carbons (Fsp3) is 0.292. The van der Waals surface area contributed by atoms with Gasteiger partial charge in [-0.05, 0) is 46.4 Å². The molecule has 0 N–H and O–H groups in total. The number of hydrogen-bond donors (Lipinski definition) is 0. The SMILES string of the molecule is Cc1ccc2c(c1)C(C)(C)c1ccc3c(c1-2)C(C)(C)c1cccnc1-3. The summed E-state index contributed by atoms with van der Waals surface area (Å²) in [4.78, 5) is 4.73. The third kappa shape index (κ3) is 1.66. The molecule has 3 aromatic rings. The molecule has 0 fully saturated rings. The van der Waals surface area contributed by atoms with Gasteiger partial charge in [0, 0.05) is 22.6 Å². The molecule has 1 heterocycles. The number of fused-ring (bicyclic) bond motifs is 7. The van der Waals surface area contributed by atoms with Crippen molar-refractivity contribution < 1.29 is 0 Å². The van der Waals surface area contributed by atoms with E-state index in [-0.39, 0.29) is 10.8 Å². The monoisotopic (exact) mass is 325 g/mol. The van der Waals surface area contributed by atoms with E-state index in [0.29, 0.717) is 0 Å². The third-order valence-electron chi connectivity index (χ3n) is 6.36. The van der Waals surface area contributed by atoms with E-state index in [2.05, 4.69) is 77.1 Å². The maximum Gasteiger partial charge on any atom is 0.0746 e. The summed E-state index contributed by atoms with van der Waals surface area (Å²) in [5.74, 6) is 0. The van der Waals surface area contributed by atoms with Crippen LogP contribution >= 0.6 is 0 Å². The Hall–Kier alpha value is -2.41. The average Bonchev–Trinajstić information content (AvgIpc) is 2.95. The van der Waals surface area contributed by atoms with Crippen LogP contribution in [0.3, 0.4) is 0 Å². The van der Waals surface area contributed by atoms with Gasteiger partial charge in [-0.25, -0.2) is 0 Å². The van der Waals surface area contributed by atoms with Gasteiger partial charge in [-0.1, -0.05) is 69.7 Å². The van der Waals surface area contributed by atoms with Crippen LogP contribution in [0.25, 0.3) is 22.4 Å². The Kier molecular flexibility index (Phi) is 2.62. The summed E-state index contributed by atoms with van der Waals surface area (Å²) in [7, 11) is 0. The first-order valence-corrected chi connectivity index (χ1v) is 9.09. The van der Waals surface area contributed by atoms with E-state index in [1.807, 2.05) is 6.20 Å². The first-order valence-electron chi connectivity index (χ1n) is 9.09. The molecule has 1 heteroatoms. The Morgan fingerprint density at radius 3 is 2.32 bits per heavy atom. The minimum Gasteiger partial charge on any atom is -0.256 e. The molecule has 0 spiro atoms. The molecule has 2 aromatic carbocycles. The lowest BCUT2D eigenvalue weighted by Crippen LogP contribution is -2.18. The highest BCUT2D eigenvalue weighted by Gasteiger charge is 2.44. The van der Waals surface area contributed by atoms with E-state index in [4.69, 9.17) is 4.98 Å². The molecule has 0 aliphatic heterocycles. The zero-order chi connectivity index (χ0) is 17.6. The van der Waals surface area contributed by atoms with Crippen LogP contribution in [0, 0.1) is 6.92 Å². The Balaban J connectivity index is 1.93. The molecule has 0 amide bonds. The number of benzene rings is 2. The van der Waals surface area contributed by atoms with Crippen LogP contribution in [0.1, 0.15) is 55.5 Å². The molecule has 0 radical (unpaired) electrons. The lowest BCUT2D eigenvalue weighted by Gasteiger charge is -2.25. The molecule has 0 saturated heterocycles. The number of nitrogens with zero attached hydrogens (tertiary/aromatic N) is 1. The molecule has 5 rings (SSSR count). The summed E-state index contributed by atoms with van der Waals surface area (Å²) in [6, 6.07) is 15.9. The Morgan fingerprint density at radius 2 is 1.52 bits per heavy atom. The van der Waals surface area contributed by atoms with E-state index in [1.165, 1.54) is 44.5 Å². The van der Waals surface area contributed by atoms with Crippen LogP contribution in [0.4, 0.5) is 0 Å². The summed E-state index contributed by atoms with van der Waals surface area (Å²) in [5.41, 5.74) is 12.4. The Bertz CT molecular complexity index is 1050. The fourth-order valence-corrected chi connectivity index (χ4v) is 5.05. The predicted octanol–water partition coefficient (Wildman–Crippen LogP) is 6.00. The quantitative estimate of drug-likeness (QED) is 0.494. The molecule has 25 heavy (non-hydrogen) atoms. The summed E-state index contributed by atoms with van der Waals surface area (Å²) >= 11 is 0. The van der Waals surface area contributed by atoms with Gasteiger partial charge >= 0.3 is 0 Å². The number of hydrogen-bond acceptors (Lipinski definition) is 1. The molecule has 0 atom stereocenters. The van der Waals surface area contributed by atoms with E-state index in [1.54, 1.807) is 0 Å². The maximum absolute atomic E-state index is 4.73. The molecular weight excluding hydrogens is 302 g/mol. The van der Waals surface area contributed by atoms with Gasteiger partial charge in [0.1, 0.15) is 0 Å². The highest BCUT2D eigenvalue weighted by atomic mass is 14.7. The largest absolute Gasteiger partial charge is 0.256 e. The van der Waals surface area contributed by atoms with Crippen molar-refractivity contribution >= 4 is 0 Å². The van der Waals surface area contributed by atoms with Crippen molar-refractivity contribution in [2.45, 2.75) is 45.4 Å². The zero-order valence-electron chi connectivity index (χ0n) is 15.6. The highest BCUT2D eigenvalue weighted by molar-refractivity contribution is 5.92. The third-order valence-corrected chi connectivity index (χ3v) is 6.36. The van der Waals surface area contributed by atoms with Crippen LogP contribution in [-0.2, 0) is 10.8 Å². The first kappa shape index (κ1) is 14.9. The molecule has 2 aliphatic rings. The fourth-order valence-electron chi connectivity index (χ4n) is 5.05. The maximum atomic E-state index is 4.73. The molecule has 1 nitrogen and oxygen atoms in total. The Morgan fingerprint density at radius 1 is 0.760 bits per heavy atom. The van der Waals surface area contributed by atoms with Gasteiger partial charge in [-0.3, -0.25) is 4.98 Å². The van der Waals surface area contributed by atoms with Crippen LogP contribution in [0.5, 0.6) is 0 Å². The smallest absolute Gasteiger partial charge is 0.0746 e. The van der Waals surface area contributed by atoms with Gasteiger partial charge < -0.3 is 0 Å². The van der Waals surface area contributed by atoms with Crippen LogP contribution < -0.4 is 0 Å². The topological polar surface area (TPSA) is 12.9 Å². The number of aryl methyl sites for hydroxylation is 1. The van der Waals surface area contributed by atoms with Gasteiger partial charge in [0.25, 0.3) is 0 Å². The van der Waals surface area contributed by atoms with Crippen molar-refractivity contribution in [3.63, 3.8) is 0 Å². The normalized spacial score (nSPS) is 17.6. The van der Waals surface area contributed by atoms with Gasteiger partial charge in [0.2, 0.25) is 0 Å². The van der Waals surface area contributed by atoms with E-state index in [9.17, 15) is 0 Å². The van der Waals surface area contributed by atoms with Crippen molar-refractivity contribution in [3.05, 3.63) is 76.5 Å². The molecule has 0 saturated carbocycles. The van der Waals surface area contributed by atoms with Gasteiger partial charge in [-0.2, -0.15) is 0 Å². The van der Waals surface area contributed by atoms with Crippen molar-refractivity contribution in [2.24, 2.45) is 0 Å². The molecule has 124 valence electrons. The minimum absolute atomic E-state index is 0.0210. The molecule has 0 bridgehead atoms. The van der Waals surface area contributed by atoms with E-state index in [0.717, 1.165) is 5.69 Å². The second-order valence-corrected chi connectivity index (χ2v) is 8.61. The highest BCUT2D eigenvalue weighted by Crippen LogP contribution is 2.58. The standard InChI is InChI=1S/C24H23N/c1-14-8-9-15-19(13-14)23(2,3)17-11-10-16-21(20(15)17)24(4,5)18-7-6-12-25-22(16)18/h6-13H,1-5H3.